The topological polar surface area (TPSA) is 66.4 Å². The molecule has 3 atom stereocenters. The Morgan fingerprint density at radius 2 is 1.77 bits per heavy atom. The molecule has 0 spiro atoms. The van der Waals surface area contributed by atoms with Crippen LogP contribution in [0.5, 0.6) is 0 Å². The van der Waals surface area contributed by atoms with Crippen molar-refractivity contribution in [3.05, 3.63) is 0 Å². The highest BCUT2D eigenvalue weighted by molar-refractivity contribution is 7.91. The first-order valence-corrected chi connectivity index (χ1v) is 6.37. The van der Waals surface area contributed by atoms with Gasteiger partial charge in [-0.2, -0.15) is 0 Å². The van der Waals surface area contributed by atoms with Crippen molar-refractivity contribution >= 4 is 9.84 Å². The third-order valence-electron chi connectivity index (χ3n) is 3.34. The van der Waals surface area contributed by atoms with Crippen LogP contribution in [-0.4, -0.2) is 43.7 Å². The molecular formula is C8H15NO3S. The lowest BCUT2D eigenvalue weighted by Gasteiger charge is -2.47. The zero-order chi connectivity index (χ0) is 9.69. The molecule has 2 fully saturated rings. The van der Waals surface area contributed by atoms with E-state index in [2.05, 4.69) is 5.32 Å². The van der Waals surface area contributed by atoms with E-state index in [9.17, 15) is 13.5 Å². The van der Waals surface area contributed by atoms with Crippen molar-refractivity contribution in [3.63, 3.8) is 0 Å². The molecule has 2 aliphatic heterocycles. The highest BCUT2D eigenvalue weighted by Crippen LogP contribution is 2.35. The number of hydrogen-bond donors (Lipinski definition) is 2. The maximum atomic E-state index is 11.4. The van der Waals surface area contributed by atoms with Gasteiger partial charge in [-0.1, -0.05) is 0 Å². The summed E-state index contributed by atoms with van der Waals surface area (Å²) >= 11 is 0. The van der Waals surface area contributed by atoms with E-state index >= 15 is 0 Å². The van der Waals surface area contributed by atoms with Crippen molar-refractivity contribution in [1.82, 2.24) is 5.32 Å². The average Bonchev–Trinajstić information content (AvgIpc) is 1.93. The standard InChI is InChI=1S/C8H15NO3S/c1-8(10)6-2-9-3-7(8)5-13(11,12)4-6/h6-7,9-10H,2-5H2,1H3/t6-,7+,8?. The normalized spacial score (nSPS) is 48.8. The zero-order valence-corrected chi connectivity index (χ0v) is 8.47. The van der Waals surface area contributed by atoms with Crippen LogP contribution in [0.3, 0.4) is 0 Å². The molecule has 2 heterocycles. The lowest BCUT2D eigenvalue weighted by Crippen LogP contribution is -2.62. The second-order valence-corrected chi connectivity index (χ2v) is 6.51. The smallest absolute Gasteiger partial charge is 0.151 e. The van der Waals surface area contributed by atoms with Gasteiger partial charge in [0.1, 0.15) is 0 Å². The first-order valence-electron chi connectivity index (χ1n) is 4.55. The largest absolute Gasteiger partial charge is 0.389 e. The predicted molar refractivity (Wildman–Crippen MR) is 49.1 cm³/mol. The summed E-state index contributed by atoms with van der Waals surface area (Å²) in [6, 6.07) is 0. The predicted octanol–water partition coefficient (Wildman–Crippen LogP) is -0.999. The summed E-state index contributed by atoms with van der Waals surface area (Å²) < 4.78 is 22.8. The average molecular weight is 205 g/mol. The van der Waals surface area contributed by atoms with Crippen LogP contribution < -0.4 is 5.32 Å². The van der Waals surface area contributed by atoms with Crippen molar-refractivity contribution < 1.29 is 13.5 Å². The fourth-order valence-electron chi connectivity index (χ4n) is 2.31. The second-order valence-electron chi connectivity index (χ2n) is 4.35. The molecule has 0 amide bonds. The number of hydrogen-bond acceptors (Lipinski definition) is 4. The molecule has 0 aliphatic carbocycles. The highest BCUT2D eigenvalue weighted by Gasteiger charge is 2.49. The minimum atomic E-state index is -2.91. The zero-order valence-electron chi connectivity index (χ0n) is 7.66. The quantitative estimate of drug-likeness (QED) is 0.532. The van der Waals surface area contributed by atoms with Crippen LogP contribution >= 0.6 is 0 Å². The minimum absolute atomic E-state index is 0.128. The van der Waals surface area contributed by atoms with Crippen molar-refractivity contribution in [2.45, 2.75) is 12.5 Å². The van der Waals surface area contributed by atoms with Gasteiger partial charge in [0.15, 0.2) is 9.84 Å². The van der Waals surface area contributed by atoms with Crippen LogP contribution in [0.2, 0.25) is 0 Å². The van der Waals surface area contributed by atoms with E-state index in [1.807, 2.05) is 0 Å². The molecule has 0 saturated carbocycles. The molecule has 2 saturated heterocycles. The van der Waals surface area contributed by atoms with Gasteiger partial charge in [-0.3, -0.25) is 0 Å². The number of nitrogens with one attached hydrogen (secondary N) is 1. The van der Waals surface area contributed by atoms with Gasteiger partial charge in [-0.05, 0) is 6.92 Å². The fourth-order valence-corrected chi connectivity index (χ4v) is 4.59. The van der Waals surface area contributed by atoms with Crippen LogP contribution in [0.4, 0.5) is 0 Å². The third-order valence-corrected chi connectivity index (χ3v) is 5.17. The molecule has 5 heteroatoms. The molecule has 0 radical (unpaired) electrons. The van der Waals surface area contributed by atoms with Gasteiger partial charge < -0.3 is 10.4 Å². The van der Waals surface area contributed by atoms with Crippen LogP contribution in [-0.2, 0) is 9.84 Å². The Labute approximate surface area is 78.3 Å². The van der Waals surface area contributed by atoms with Crippen molar-refractivity contribution in [2.75, 3.05) is 24.6 Å². The van der Waals surface area contributed by atoms with E-state index in [1.54, 1.807) is 6.92 Å². The molecule has 2 aliphatic rings. The molecule has 1 unspecified atom stereocenters. The molecule has 4 nitrogen and oxygen atoms in total. The number of rotatable bonds is 0. The second kappa shape index (κ2) is 2.68. The van der Waals surface area contributed by atoms with Crippen molar-refractivity contribution in [3.8, 4) is 0 Å². The Morgan fingerprint density at radius 3 is 2.23 bits per heavy atom. The summed E-state index contributed by atoms with van der Waals surface area (Å²) in [6.45, 7) is 2.99. The molecule has 0 aromatic carbocycles. The fraction of sp³-hybridized carbons (Fsp3) is 1.00. The molecule has 76 valence electrons. The monoisotopic (exact) mass is 205 g/mol. The van der Waals surface area contributed by atoms with Crippen LogP contribution in [0.25, 0.3) is 0 Å². The Hall–Kier alpha value is -0.130. The SMILES string of the molecule is CC1(O)[C@@H]2CNC[C@H]1CS(=O)(=O)C2. The Morgan fingerprint density at radius 1 is 1.31 bits per heavy atom. The number of fused-ring (bicyclic) bond motifs is 2. The Bertz CT molecular complexity index is 287. The van der Waals surface area contributed by atoms with Gasteiger partial charge in [-0.25, -0.2) is 8.42 Å². The maximum Gasteiger partial charge on any atom is 0.151 e. The Balaban J connectivity index is 2.32. The molecule has 2 rings (SSSR count). The summed E-state index contributed by atoms with van der Waals surface area (Å²) in [6.07, 6.45) is 0. The molecule has 2 bridgehead atoms. The minimum Gasteiger partial charge on any atom is -0.389 e. The Kier molecular flexibility index (Phi) is 1.94. The lowest BCUT2D eigenvalue weighted by molar-refractivity contribution is -0.0599. The number of piperidine rings is 1. The van der Waals surface area contributed by atoms with Crippen LogP contribution in [0.15, 0.2) is 0 Å². The summed E-state index contributed by atoms with van der Waals surface area (Å²) in [5.74, 6) is -0.0116. The van der Waals surface area contributed by atoms with Crippen molar-refractivity contribution in [1.29, 1.82) is 0 Å². The summed E-state index contributed by atoms with van der Waals surface area (Å²) in [5, 5.41) is 13.2. The summed E-state index contributed by atoms with van der Waals surface area (Å²) in [4.78, 5) is 0. The van der Waals surface area contributed by atoms with Gasteiger partial charge in [0, 0.05) is 24.9 Å². The summed E-state index contributed by atoms with van der Waals surface area (Å²) in [7, 11) is -2.91. The highest BCUT2D eigenvalue weighted by atomic mass is 32.2. The molecule has 0 aromatic rings. The first-order chi connectivity index (χ1) is 5.92. The molecule has 2 N–H and O–H groups in total. The van der Waals surface area contributed by atoms with Gasteiger partial charge in [0.05, 0.1) is 17.1 Å². The van der Waals surface area contributed by atoms with E-state index < -0.39 is 15.4 Å². The number of sulfone groups is 1. The van der Waals surface area contributed by atoms with Gasteiger partial charge in [-0.15, -0.1) is 0 Å². The van der Waals surface area contributed by atoms with Crippen molar-refractivity contribution in [2.24, 2.45) is 11.8 Å². The van der Waals surface area contributed by atoms with Gasteiger partial charge in [0.25, 0.3) is 0 Å². The van der Waals surface area contributed by atoms with E-state index in [0.29, 0.717) is 13.1 Å². The molecular weight excluding hydrogens is 190 g/mol. The van der Waals surface area contributed by atoms with Crippen LogP contribution in [0, 0.1) is 11.8 Å². The van der Waals surface area contributed by atoms with E-state index in [4.69, 9.17) is 0 Å². The maximum absolute atomic E-state index is 11.4. The summed E-state index contributed by atoms with van der Waals surface area (Å²) in [5.41, 5.74) is -0.795. The first kappa shape index (κ1) is 9.43. The van der Waals surface area contributed by atoms with Crippen LogP contribution in [0.1, 0.15) is 6.92 Å². The van der Waals surface area contributed by atoms with Gasteiger partial charge >= 0.3 is 0 Å². The molecule has 13 heavy (non-hydrogen) atoms. The van der Waals surface area contributed by atoms with E-state index in [1.165, 1.54) is 0 Å². The van der Waals surface area contributed by atoms with E-state index in [-0.39, 0.29) is 23.3 Å². The van der Waals surface area contributed by atoms with E-state index in [0.717, 1.165) is 0 Å². The lowest BCUT2D eigenvalue weighted by atomic mass is 9.77. The third kappa shape index (κ3) is 1.49. The van der Waals surface area contributed by atoms with Gasteiger partial charge in [0.2, 0.25) is 0 Å². The molecule has 0 aromatic heterocycles. The number of aliphatic hydroxyl groups is 1.